The Balaban J connectivity index is 1.45. The van der Waals surface area contributed by atoms with Gasteiger partial charge in [-0.25, -0.2) is 17.8 Å². The quantitative estimate of drug-likeness (QED) is 0.565. The SMILES string of the molecule is N[C@@H]1CCN([C@H]2CCOc3cc(S(=O)(=O)Nc4ncns4)ccc32)[C@H](c2ccc(F)cc2)C1. The van der Waals surface area contributed by atoms with Gasteiger partial charge in [-0.15, -0.1) is 0 Å². The van der Waals surface area contributed by atoms with E-state index in [1.165, 1.54) is 18.5 Å². The van der Waals surface area contributed by atoms with Crippen LogP contribution < -0.4 is 15.2 Å². The fourth-order valence-electron chi connectivity index (χ4n) is 4.65. The zero-order chi connectivity index (χ0) is 23.0. The van der Waals surface area contributed by atoms with Crippen LogP contribution in [0, 0.1) is 5.82 Å². The van der Waals surface area contributed by atoms with Crippen LogP contribution in [0.3, 0.4) is 0 Å². The van der Waals surface area contributed by atoms with Crippen molar-refractivity contribution in [2.75, 3.05) is 17.9 Å². The fourth-order valence-corrected chi connectivity index (χ4v) is 6.33. The van der Waals surface area contributed by atoms with Crippen molar-refractivity contribution in [1.29, 1.82) is 0 Å². The summed E-state index contributed by atoms with van der Waals surface area (Å²) in [5.74, 6) is 0.289. The molecule has 3 aromatic rings. The smallest absolute Gasteiger partial charge is 0.263 e. The van der Waals surface area contributed by atoms with E-state index in [0.29, 0.717) is 12.4 Å². The number of anilines is 1. The number of fused-ring (bicyclic) bond motifs is 1. The second kappa shape index (κ2) is 8.98. The van der Waals surface area contributed by atoms with Gasteiger partial charge in [-0.2, -0.15) is 4.37 Å². The number of nitrogens with one attached hydrogen (secondary N) is 1. The lowest BCUT2D eigenvalue weighted by atomic mass is 9.88. The van der Waals surface area contributed by atoms with Crippen molar-refractivity contribution < 1.29 is 17.5 Å². The number of hydrogen-bond donors (Lipinski definition) is 2. The number of ether oxygens (including phenoxy) is 1. The number of hydrogen-bond acceptors (Lipinski definition) is 8. The molecule has 0 radical (unpaired) electrons. The van der Waals surface area contributed by atoms with Gasteiger partial charge in [0.05, 0.1) is 11.5 Å². The van der Waals surface area contributed by atoms with E-state index in [9.17, 15) is 12.8 Å². The molecule has 3 N–H and O–H groups in total. The second-order valence-corrected chi connectivity index (χ2v) is 10.8. The highest BCUT2D eigenvalue weighted by Gasteiger charge is 2.36. The number of likely N-dealkylation sites (tertiary alicyclic amines) is 1. The molecule has 2 aliphatic heterocycles. The van der Waals surface area contributed by atoms with Crippen LogP contribution in [0.4, 0.5) is 9.52 Å². The zero-order valence-electron chi connectivity index (χ0n) is 17.7. The zero-order valence-corrected chi connectivity index (χ0v) is 19.4. The van der Waals surface area contributed by atoms with E-state index in [1.807, 2.05) is 18.2 Å². The third-order valence-corrected chi connectivity index (χ3v) is 8.27. The summed E-state index contributed by atoms with van der Waals surface area (Å²) in [5.41, 5.74) is 8.27. The molecule has 1 aromatic heterocycles. The molecule has 5 rings (SSSR count). The van der Waals surface area contributed by atoms with Crippen LogP contribution in [0.1, 0.15) is 42.5 Å². The van der Waals surface area contributed by atoms with Gasteiger partial charge in [0.1, 0.15) is 17.9 Å². The van der Waals surface area contributed by atoms with E-state index in [4.69, 9.17) is 10.5 Å². The summed E-state index contributed by atoms with van der Waals surface area (Å²) in [6, 6.07) is 11.7. The highest BCUT2D eigenvalue weighted by atomic mass is 32.2. The minimum atomic E-state index is -3.81. The van der Waals surface area contributed by atoms with Gasteiger partial charge in [-0.1, -0.05) is 18.2 Å². The Hall–Kier alpha value is -2.60. The molecule has 2 aliphatic rings. The summed E-state index contributed by atoms with van der Waals surface area (Å²) in [5, 5.41) is 0.207. The van der Waals surface area contributed by atoms with E-state index >= 15 is 0 Å². The van der Waals surface area contributed by atoms with Gasteiger partial charge in [-0.05, 0) is 36.6 Å². The molecule has 0 amide bonds. The number of sulfonamides is 1. The monoisotopic (exact) mass is 489 g/mol. The van der Waals surface area contributed by atoms with E-state index in [-0.39, 0.29) is 34.0 Å². The molecule has 0 spiro atoms. The van der Waals surface area contributed by atoms with Gasteiger partial charge >= 0.3 is 0 Å². The largest absolute Gasteiger partial charge is 0.493 e. The summed E-state index contributed by atoms with van der Waals surface area (Å²) in [6.07, 6.45) is 3.71. The predicted octanol–water partition coefficient (Wildman–Crippen LogP) is 3.47. The van der Waals surface area contributed by atoms with Crippen molar-refractivity contribution in [2.45, 2.75) is 42.3 Å². The summed E-state index contributed by atoms with van der Waals surface area (Å²) >= 11 is 0.969. The number of benzene rings is 2. The molecule has 3 heterocycles. The minimum Gasteiger partial charge on any atom is -0.493 e. The lowest BCUT2D eigenvalue weighted by Crippen LogP contribution is -2.44. The molecule has 1 saturated heterocycles. The molecule has 174 valence electrons. The van der Waals surface area contributed by atoms with Gasteiger partial charge in [0.2, 0.25) is 5.13 Å². The first-order valence-corrected chi connectivity index (χ1v) is 13.0. The summed E-state index contributed by atoms with van der Waals surface area (Å²) < 4.78 is 51.2. The number of aromatic nitrogens is 2. The van der Waals surface area contributed by atoms with Gasteiger partial charge < -0.3 is 10.5 Å². The Bertz CT molecular complexity index is 1220. The molecule has 0 saturated carbocycles. The van der Waals surface area contributed by atoms with Crippen molar-refractivity contribution in [3.8, 4) is 5.75 Å². The summed E-state index contributed by atoms with van der Waals surface area (Å²) in [6.45, 7) is 1.27. The van der Waals surface area contributed by atoms with Crippen LogP contribution in [0.2, 0.25) is 0 Å². The molecule has 11 heteroatoms. The first-order valence-electron chi connectivity index (χ1n) is 10.7. The van der Waals surface area contributed by atoms with Gasteiger partial charge in [0, 0.05) is 54.3 Å². The lowest BCUT2D eigenvalue weighted by Gasteiger charge is -2.45. The third-order valence-electron chi connectivity index (χ3n) is 6.23. The number of halogens is 1. The standard InChI is InChI=1S/C22H24FN5O3S2/c23-15-3-1-14(2-4-15)20-11-16(24)7-9-28(20)19-8-10-31-21-12-17(5-6-18(19)21)33(29,30)27-22-25-13-26-32-22/h1-6,12-13,16,19-20H,7-11,24H2,(H,25,26,27)/t16-,19+,20+/m1/s1. The Labute approximate surface area is 195 Å². The Morgan fingerprint density at radius 3 is 2.73 bits per heavy atom. The molecule has 3 atom stereocenters. The first-order chi connectivity index (χ1) is 15.9. The molecule has 8 nitrogen and oxygen atoms in total. The molecule has 0 aliphatic carbocycles. The molecular weight excluding hydrogens is 465 g/mol. The van der Waals surface area contributed by atoms with Crippen LogP contribution in [0.15, 0.2) is 53.7 Å². The van der Waals surface area contributed by atoms with Crippen LogP contribution in [-0.2, 0) is 10.0 Å². The van der Waals surface area contributed by atoms with Gasteiger partial charge in [0.25, 0.3) is 10.0 Å². The highest BCUT2D eigenvalue weighted by molar-refractivity contribution is 7.93. The minimum absolute atomic E-state index is 0.0455. The van der Waals surface area contributed by atoms with Gasteiger partial charge in [0.15, 0.2) is 0 Å². The molecule has 33 heavy (non-hydrogen) atoms. The third kappa shape index (κ3) is 4.58. The molecule has 1 fully saturated rings. The maximum Gasteiger partial charge on any atom is 0.263 e. The first kappa shape index (κ1) is 22.2. The Morgan fingerprint density at radius 1 is 1.15 bits per heavy atom. The normalized spacial score (nSPS) is 23.5. The lowest BCUT2D eigenvalue weighted by molar-refractivity contribution is 0.0598. The van der Waals surface area contributed by atoms with E-state index in [0.717, 1.165) is 48.5 Å². The second-order valence-electron chi connectivity index (χ2n) is 8.29. The highest BCUT2D eigenvalue weighted by Crippen LogP contribution is 2.44. The maximum absolute atomic E-state index is 13.5. The Kier molecular flexibility index (Phi) is 6.04. The van der Waals surface area contributed by atoms with Crippen molar-refractivity contribution in [3.63, 3.8) is 0 Å². The molecular formula is C22H24FN5O3S2. The number of nitrogens with two attached hydrogens (primary N) is 1. The number of nitrogens with zero attached hydrogens (tertiary/aromatic N) is 3. The van der Waals surface area contributed by atoms with Crippen LogP contribution in [0.25, 0.3) is 0 Å². The summed E-state index contributed by atoms with van der Waals surface area (Å²) in [4.78, 5) is 6.38. The van der Waals surface area contributed by atoms with Crippen LogP contribution in [0.5, 0.6) is 5.75 Å². The van der Waals surface area contributed by atoms with Crippen molar-refractivity contribution in [3.05, 3.63) is 65.7 Å². The van der Waals surface area contributed by atoms with E-state index in [2.05, 4.69) is 19.0 Å². The molecule has 0 unspecified atom stereocenters. The van der Waals surface area contributed by atoms with Crippen molar-refractivity contribution in [1.82, 2.24) is 14.3 Å². The van der Waals surface area contributed by atoms with E-state index < -0.39 is 10.0 Å². The molecule has 2 aromatic carbocycles. The van der Waals surface area contributed by atoms with Crippen molar-refractivity contribution >= 4 is 26.7 Å². The van der Waals surface area contributed by atoms with E-state index in [1.54, 1.807) is 12.1 Å². The topological polar surface area (TPSA) is 110 Å². The van der Waals surface area contributed by atoms with Crippen molar-refractivity contribution in [2.24, 2.45) is 5.73 Å². The van der Waals surface area contributed by atoms with Crippen LogP contribution >= 0.6 is 11.5 Å². The van der Waals surface area contributed by atoms with Crippen LogP contribution in [-0.4, -0.2) is 41.9 Å². The number of piperidine rings is 1. The average Bonchev–Trinajstić information content (AvgIpc) is 3.31. The molecule has 0 bridgehead atoms. The fraction of sp³-hybridized carbons (Fsp3) is 0.364. The number of rotatable bonds is 5. The Morgan fingerprint density at radius 2 is 1.97 bits per heavy atom. The maximum atomic E-state index is 13.5. The van der Waals surface area contributed by atoms with Gasteiger partial charge in [-0.3, -0.25) is 9.62 Å². The average molecular weight is 490 g/mol. The predicted molar refractivity (Wildman–Crippen MR) is 123 cm³/mol. The summed E-state index contributed by atoms with van der Waals surface area (Å²) in [7, 11) is -3.81.